The maximum atomic E-state index is 12.0. The minimum absolute atomic E-state index is 0.285. The van der Waals surface area contributed by atoms with Crippen LogP contribution in [0.5, 0.6) is 0 Å². The van der Waals surface area contributed by atoms with E-state index >= 15 is 0 Å². The minimum Gasteiger partial charge on any atom is -0.287 e. The van der Waals surface area contributed by atoms with Crippen LogP contribution >= 0.6 is 7.82 Å². The van der Waals surface area contributed by atoms with E-state index in [1.54, 1.807) is 20.8 Å². The first-order valence-electron chi connectivity index (χ1n) is 6.13. The summed E-state index contributed by atoms with van der Waals surface area (Å²) in [5.41, 5.74) is 0. The summed E-state index contributed by atoms with van der Waals surface area (Å²) in [5, 5.41) is 0. The van der Waals surface area contributed by atoms with Crippen LogP contribution in [0, 0.1) is 11.8 Å². The highest BCUT2D eigenvalue weighted by atomic mass is 31.2. The van der Waals surface area contributed by atoms with Gasteiger partial charge in [-0.3, -0.25) is 13.6 Å². The lowest BCUT2D eigenvalue weighted by Gasteiger charge is -2.17. The highest BCUT2D eigenvalue weighted by Gasteiger charge is 2.27. The Labute approximate surface area is 105 Å². The van der Waals surface area contributed by atoms with Gasteiger partial charge in [-0.15, -0.1) is 5.92 Å². The van der Waals surface area contributed by atoms with Crippen molar-refractivity contribution in [3.8, 4) is 11.8 Å². The van der Waals surface area contributed by atoms with Gasteiger partial charge in [0.05, 0.1) is 13.2 Å². The molecule has 0 amide bonds. The molecular formula is C12H23O4P. The van der Waals surface area contributed by atoms with Gasteiger partial charge < -0.3 is 0 Å². The second-order valence-electron chi connectivity index (χ2n) is 3.46. The smallest absolute Gasteiger partial charge is 0.287 e. The minimum atomic E-state index is -3.43. The molecule has 0 spiro atoms. The average Bonchev–Trinajstić information content (AvgIpc) is 2.24. The Morgan fingerprint density at radius 2 is 1.76 bits per heavy atom. The second-order valence-corrected chi connectivity index (χ2v) is 5.08. The zero-order valence-electron chi connectivity index (χ0n) is 11.2. The zero-order chi connectivity index (χ0) is 13.1. The number of hydrogen-bond acceptors (Lipinski definition) is 4. The number of phosphoric acid groups is 1. The molecule has 1 atom stereocenters. The van der Waals surface area contributed by atoms with Gasteiger partial charge in [0, 0.05) is 6.42 Å². The Kier molecular flexibility index (Phi) is 9.49. The van der Waals surface area contributed by atoms with Gasteiger partial charge in [-0.25, -0.2) is 4.57 Å². The number of rotatable bonds is 8. The zero-order valence-corrected chi connectivity index (χ0v) is 12.1. The van der Waals surface area contributed by atoms with Gasteiger partial charge in [-0.2, -0.15) is 0 Å². The van der Waals surface area contributed by atoms with Crippen LogP contribution in [0.3, 0.4) is 0 Å². The molecule has 0 aliphatic carbocycles. The first-order valence-corrected chi connectivity index (χ1v) is 7.59. The van der Waals surface area contributed by atoms with E-state index in [0.29, 0.717) is 0 Å². The lowest BCUT2D eigenvalue weighted by atomic mass is 10.2. The van der Waals surface area contributed by atoms with Crippen molar-refractivity contribution in [2.75, 3.05) is 13.2 Å². The number of unbranched alkanes of at least 4 members (excludes halogenated alkanes) is 2. The number of hydrogen-bond donors (Lipinski definition) is 0. The molecule has 0 aliphatic heterocycles. The molecule has 1 unspecified atom stereocenters. The van der Waals surface area contributed by atoms with Crippen molar-refractivity contribution in [3.63, 3.8) is 0 Å². The fraction of sp³-hybridized carbons (Fsp3) is 0.833. The van der Waals surface area contributed by atoms with Crippen molar-refractivity contribution in [3.05, 3.63) is 0 Å². The van der Waals surface area contributed by atoms with E-state index in [0.717, 1.165) is 19.3 Å². The van der Waals surface area contributed by atoms with Gasteiger partial charge in [0.1, 0.15) is 6.10 Å². The Morgan fingerprint density at radius 1 is 1.18 bits per heavy atom. The molecule has 0 saturated heterocycles. The van der Waals surface area contributed by atoms with Gasteiger partial charge in [0.2, 0.25) is 0 Å². The van der Waals surface area contributed by atoms with Crippen molar-refractivity contribution in [2.45, 2.75) is 53.1 Å². The Morgan fingerprint density at radius 3 is 2.24 bits per heavy atom. The Hall–Kier alpha value is -0.330. The van der Waals surface area contributed by atoms with Gasteiger partial charge in [-0.05, 0) is 27.2 Å². The van der Waals surface area contributed by atoms with Crippen molar-refractivity contribution < 1.29 is 18.1 Å². The third-order valence-corrected chi connectivity index (χ3v) is 3.55. The monoisotopic (exact) mass is 262 g/mol. The SMILES string of the molecule is CCCCC#CC(C)OP(=O)(OCC)OCC. The molecule has 0 aliphatic rings. The van der Waals surface area contributed by atoms with Crippen LogP contribution < -0.4 is 0 Å². The van der Waals surface area contributed by atoms with Crippen LogP contribution in [0.15, 0.2) is 0 Å². The van der Waals surface area contributed by atoms with Crippen molar-refractivity contribution in [1.82, 2.24) is 0 Å². The molecular weight excluding hydrogens is 239 g/mol. The summed E-state index contributed by atoms with van der Waals surface area (Å²) in [5.74, 6) is 5.87. The summed E-state index contributed by atoms with van der Waals surface area (Å²) < 4.78 is 27.2. The predicted octanol–water partition coefficient (Wildman–Crippen LogP) is 3.77. The largest absolute Gasteiger partial charge is 0.475 e. The second kappa shape index (κ2) is 9.67. The predicted molar refractivity (Wildman–Crippen MR) is 68.7 cm³/mol. The Balaban J connectivity index is 4.23. The molecule has 0 rings (SSSR count). The van der Waals surface area contributed by atoms with E-state index < -0.39 is 13.9 Å². The third kappa shape index (κ3) is 8.40. The van der Waals surface area contributed by atoms with Crippen LogP contribution in [0.25, 0.3) is 0 Å². The van der Waals surface area contributed by atoms with E-state index in [-0.39, 0.29) is 13.2 Å². The van der Waals surface area contributed by atoms with Crippen LogP contribution in [-0.2, 0) is 18.1 Å². The molecule has 0 radical (unpaired) electrons. The van der Waals surface area contributed by atoms with E-state index in [2.05, 4.69) is 18.8 Å². The summed E-state index contributed by atoms with van der Waals surface area (Å²) in [6.07, 6.45) is 2.56. The van der Waals surface area contributed by atoms with E-state index in [1.165, 1.54) is 0 Å². The Bertz CT molecular complexity index is 283. The number of phosphoric ester groups is 1. The molecule has 100 valence electrons. The summed E-state index contributed by atoms with van der Waals surface area (Å²) >= 11 is 0. The molecule has 4 nitrogen and oxygen atoms in total. The molecule has 0 fully saturated rings. The lowest BCUT2D eigenvalue weighted by molar-refractivity contribution is 0.109. The summed E-state index contributed by atoms with van der Waals surface area (Å²) in [6.45, 7) is 7.91. The summed E-state index contributed by atoms with van der Waals surface area (Å²) in [7, 11) is -3.43. The normalized spacial score (nSPS) is 12.9. The van der Waals surface area contributed by atoms with E-state index in [9.17, 15) is 4.57 Å². The molecule has 0 N–H and O–H groups in total. The maximum Gasteiger partial charge on any atom is 0.475 e. The standard InChI is InChI=1S/C12H23O4P/c1-5-8-9-10-11-12(4)16-17(13,14-6-2)15-7-3/h12H,5-9H2,1-4H3. The summed E-state index contributed by atoms with van der Waals surface area (Å²) in [4.78, 5) is 0. The van der Waals surface area contributed by atoms with Gasteiger partial charge >= 0.3 is 7.82 Å². The van der Waals surface area contributed by atoms with Gasteiger partial charge in [0.15, 0.2) is 0 Å². The van der Waals surface area contributed by atoms with E-state index in [1.807, 2.05) is 0 Å². The molecule has 0 bridgehead atoms. The van der Waals surface area contributed by atoms with Crippen molar-refractivity contribution in [2.24, 2.45) is 0 Å². The molecule has 5 heteroatoms. The van der Waals surface area contributed by atoms with E-state index in [4.69, 9.17) is 13.6 Å². The fourth-order valence-corrected chi connectivity index (χ4v) is 2.38. The first kappa shape index (κ1) is 16.7. The summed E-state index contributed by atoms with van der Waals surface area (Å²) in [6, 6.07) is 0. The fourth-order valence-electron chi connectivity index (χ4n) is 1.12. The van der Waals surface area contributed by atoms with Crippen LogP contribution in [-0.4, -0.2) is 19.3 Å². The quantitative estimate of drug-likeness (QED) is 0.379. The van der Waals surface area contributed by atoms with Gasteiger partial charge in [0.25, 0.3) is 0 Å². The molecule has 17 heavy (non-hydrogen) atoms. The molecule has 0 aromatic rings. The topological polar surface area (TPSA) is 44.8 Å². The highest BCUT2D eigenvalue weighted by Crippen LogP contribution is 2.50. The highest BCUT2D eigenvalue weighted by molar-refractivity contribution is 7.48. The van der Waals surface area contributed by atoms with Gasteiger partial charge in [-0.1, -0.05) is 19.3 Å². The first-order chi connectivity index (χ1) is 8.08. The van der Waals surface area contributed by atoms with Crippen LogP contribution in [0.1, 0.15) is 47.0 Å². The molecule has 0 heterocycles. The molecule has 0 aromatic carbocycles. The van der Waals surface area contributed by atoms with Crippen LogP contribution in [0.4, 0.5) is 0 Å². The molecule has 0 saturated carbocycles. The third-order valence-electron chi connectivity index (χ3n) is 1.82. The maximum absolute atomic E-state index is 12.0. The average molecular weight is 262 g/mol. The van der Waals surface area contributed by atoms with Crippen molar-refractivity contribution in [1.29, 1.82) is 0 Å². The lowest BCUT2D eigenvalue weighted by Crippen LogP contribution is -2.07. The van der Waals surface area contributed by atoms with Crippen molar-refractivity contribution >= 4 is 7.82 Å². The molecule has 0 aromatic heterocycles. The van der Waals surface area contributed by atoms with Crippen LogP contribution in [0.2, 0.25) is 0 Å².